The molecular formula is C20H19N3O4S. The van der Waals surface area contributed by atoms with Gasteiger partial charge in [-0.3, -0.25) is 19.3 Å². The van der Waals surface area contributed by atoms with Crippen LogP contribution in [0.3, 0.4) is 0 Å². The van der Waals surface area contributed by atoms with Gasteiger partial charge in [0.25, 0.3) is 11.1 Å². The van der Waals surface area contributed by atoms with Gasteiger partial charge in [-0.1, -0.05) is 18.2 Å². The Morgan fingerprint density at radius 1 is 1.04 bits per heavy atom. The first-order chi connectivity index (χ1) is 13.6. The predicted molar refractivity (Wildman–Crippen MR) is 107 cm³/mol. The number of carbonyl (C=O) groups is 3. The van der Waals surface area contributed by atoms with Crippen molar-refractivity contribution in [2.45, 2.75) is 0 Å². The molecule has 2 saturated heterocycles. The summed E-state index contributed by atoms with van der Waals surface area (Å²) < 4.78 is 5.19. The number of hydrogen-bond acceptors (Lipinski definition) is 6. The van der Waals surface area contributed by atoms with Crippen LogP contribution in [0.5, 0.6) is 0 Å². The summed E-state index contributed by atoms with van der Waals surface area (Å²) in [6, 6.07) is 13.4. The SMILES string of the molecule is O=C(CN1C(=O)SC(=Cc2ccco2)C1=O)N1CCN(c2ccccc2)CC1. The number of anilines is 1. The Bertz CT molecular complexity index is 903. The number of imide groups is 1. The first kappa shape index (κ1) is 18.4. The van der Waals surface area contributed by atoms with E-state index in [0.717, 1.165) is 35.4 Å². The van der Waals surface area contributed by atoms with Crippen LogP contribution in [0.1, 0.15) is 5.76 Å². The van der Waals surface area contributed by atoms with E-state index in [4.69, 9.17) is 4.42 Å². The fourth-order valence-electron chi connectivity index (χ4n) is 3.23. The highest BCUT2D eigenvalue weighted by Crippen LogP contribution is 2.32. The van der Waals surface area contributed by atoms with Gasteiger partial charge in [-0.15, -0.1) is 0 Å². The molecule has 0 N–H and O–H groups in total. The fourth-order valence-corrected chi connectivity index (χ4v) is 4.05. The lowest BCUT2D eigenvalue weighted by Gasteiger charge is -2.36. The van der Waals surface area contributed by atoms with Crippen molar-refractivity contribution in [1.82, 2.24) is 9.80 Å². The lowest BCUT2D eigenvalue weighted by Crippen LogP contribution is -2.51. The molecule has 0 saturated carbocycles. The number of para-hydroxylation sites is 1. The minimum absolute atomic E-state index is 0.214. The van der Waals surface area contributed by atoms with Crippen molar-refractivity contribution in [3.05, 3.63) is 59.4 Å². The normalized spacial score (nSPS) is 19.0. The average molecular weight is 397 g/mol. The Morgan fingerprint density at radius 3 is 2.46 bits per heavy atom. The molecule has 28 heavy (non-hydrogen) atoms. The molecule has 2 aliphatic rings. The molecule has 0 atom stereocenters. The van der Waals surface area contributed by atoms with Crippen LogP contribution in [0.15, 0.2) is 58.1 Å². The van der Waals surface area contributed by atoms with Crippen molar-refractivity contribution in [2.24, 2.45) is 0 Å². The summed E-state index contributed by atoms with van der Waals surface area (Å²) in [7, 11) is 0. The van der Waals surface area contributed by atoms with E-state index in [1.54, 1.807) is 17.0 Å². The Labute approximate surface area is 166 Å². The van der Waals surface area contributed by atoms with Gasteiger partial charge in [-0.05, 0) is 36.0 Å². The van der Waals surface area contributed by atoms with Crippen molar-refractivity contribution in [1.29, 1.82) is 0 Å². The van der Waals surface area contributed by atoms with E-state index < -0.39 is 11.1 Å². The summed E-state index contributed by atoms with van der Waals surface area (Å²) in [5.74, 6) is -0.175. The molecule has 4 rings (SSSR count). The van der Waals surface area contributed by atoms with Gasteiger partial charge in [0, 0.05) is 37.9 Å². The maximum Gasteiger partial charge on any atom is 0.294 e. The third kappa shape index (κ3) is 3.82. The maximum absolute atomic E-state index is 12.6. The summed E-state index contributed by atoms with van der Waals surface area (Å²) in [6.07, 6.45) is 3.02. The van der Waals surface area contributed by atoms with E-state index in [0.29, 0.717) is 18.8 Å². The first-order valence-corrected chi connectivity index (χ1v) is 9.80. The van der Waals surface area contributed by atoms with Crippen LogP contribution in [0, 0.1) is 0 Å². The highest BCUT2D eigenvalue weighted by Gasteiger charge is 2.37. The van der Waals surface area contributed by atoms with Crippen molar-refractivity contribution >= 4 is 40.6 Å². The molecule has 0 unspecified atom stereocenters. The Morgan fingerprint density at radius 2 is 1.79 bits per heavy atom. The van der Waals surface area contributed by atoms with Gasteiger partial charge in [0.05, 0.1) is 11.2 Å². The first-order valence-electron chi connectivity index (χ1n) is 8.98. The van der Waals surface area contributed by atoms with Crippen LogP contribution in [0.2, 0.25) is 0 Å². The third-order valence-electron chi connectivity index (χ3n) is 4.74. The van der Waals surface area contributed by atoms with Crippen LogP contribution in [0.25, 0.3) is 6.08 Å². The van der Waals surface area contributed by atoms with Gasteiger partial charge < -0.3 is 14.2 Å². The smallest absolute Gasteiger partial charge is 0.294 e. The van der Waals surface area contributed by atoms with Gasteiger partial charge >= 0.3 is 0 Å². The molecule has 1 aromatic heterocycles. The largest absolute Gasteiger partial charge is 0.465 e. The standard InChI is InChI=1S/C20H19N3O4S/c24-18(22-10-8-21(9-11-22)15-5-2-1-3-6-15)14-23-19(25)17(28-20(23)26)13-16-7-4-12-27-16/h1-7,12-13H,8-11,14H2. The van der Waals surface area contributed by atoms with E-state index in [1.807, 2.05) is 30.3 Å². The van der Waals surface area contributed by atoms with Crippen LogP contribution >= 0.6 is 11.8 Å². The number of furan rings is 1. The third-order valence-corrected chi connectivity index (χ3v) is 5.64. The molecular weight excluding hydrogens is 378 g/mol. The number of carbonyl (C=O) groups excluding carboxylic acids is 3. The topological polar surface area (TPSA) is 74.1 Å². The number of thioether (sulfide) groups is 1. The van der Waals surface area contributed by atoms with Crippen LogP contribution in [-0.2, 0) is 9.59 Å². The zero-order chi connectivity index (χ0) is 19.5. The van der Waals surface area contributed by atoms with Gasteiger partial charge in [-0.25, -0.2) is 0 Å². The summed E-state index contributed by atoms with van der Waals surface area (Å²) in [6.45, 7) is 2.33. The predicted octanol–water partition coefficient (Wildman–Crippen LogP) is 2.66. The number of piperazine rings is 1. The zero-order valence-electron chi connectivity index (χ0n) is 15.1. The summed E-state index contributed by atoms with van der Waals surface area (Å²) in [5.41, 5.74) is 1.13. The molecule has 0 aliphatic carbocycles. The Balaban J connectivity index is 1.35. The van der Waals surface area contributed by atoms with Gasteiger partial charge in [0.1, 0.15) is 12.3 Å². The quantitative estimate of drug-likeness (QED) is 0.739. The molecule has 8 heteroatoms. The summed E-state index contributed by atoms with van der Waals surface area (Å²) >= 11 is 0.826. The van der Waals surface area contributed by atoms with E-state index >= 15 is 0 Å². The summed E-state index contributed by atoms with van der Waals surface area (Å²) in [5, 5.41) is -0.431. The highest BCUT2D eigenvalue weighted by atomic mass is 32.2. The van der Waals surface area contributed by atoms with Crippen LogP contribution in [-0.4, -0.2) is 59.6 Å². The lowest BCUT2D eigenvalue weighted by molar-refractivity contribution is -0.136. The molecule has 2 aliphatic heterocycles. The Hall–Kier alpha value is -3.00. The van der Waals surface area contributed by atoms with Gasteiger partial charge in [0.2, 0.25) is 5.91 Å². The molecule has 144 valence electrons. The van der Waals surface area contributed by atoms with Crippen molar-refractivity contribution in [3.63, 3.8) is 0 Å². The number of nitrogens with zero attached hydrogens (tertiary/aromatic N) is 3. The number of amides is 3. The molecule has 0 radical (unpaired) electrons. The second kappa shape index (κ2) is 7.93. The maximum atomic E-state index is 12.6. The monoisotopic (exact) mass is 397 g/mol. The lowest BCUT2D eigenvalue weighted by atomic mass is 10.2. The summed E-state index contributed by atoms with van der Waals surface area (Å²) in [4.78, 5) is 42.5. The molecule has 3 amide bonds. The molecule has 2 aromatic rings. The average Bonchev–Trinajstić information content (AvgIpc) is 3.33. The number of benzene rings is 1. The second-order valence-electron chi connectivity index (χ2n) is 6.49. The van der Waals surface area contributed by atoms with E-state index in [1.165, 1.54) is 12.3 Å². The van der Waals surface area contributed by atoms with E-state index in [-0.39, 0.29) is 17.4 Å². The highest BCUT2D eigenvalue weighted by molar-refractivity contribution is 8.18. The van der Waals surface area contributed by atoms with Crippen molar-refractivity contribution < 1.29 is 18.8 Å². The number of hydrogen-bond donors (Lipinski definition) is 0. The minimum Gasteiger partial charge on any atom is -0.465 e. The fraction of sp³-hybridized carbons (Fsp3) is 0.250. The Kier molecular flexibility index (Phi) is 5.21. The molecule has 1 aromatic carbocycles. The van der Waals surface area contributed by atoms with Crippen LogP contribution < -0.4 is 4.90 Å². The molecule has 7 nitrogen and oxygen atoms in total. The minimum atomic E-state index is -0.456. The molecule has 2 fully saturated rings. The van der Waals surface area contributed by atoms with Crippen molar-refractivity contribution in [2.75, 3.05) is 37.6 Å². The van der Waals surface area contributed by atoms with E-state index in [2.05, 4.69) is 4.90 Å². The van der Waals surface area contributed by atoms with E-state index in [9.17, 15) is 14.4 Å². The van der Waals surface area contributed by atoms with Gasteiger partial charge in [-0.2, -0.15) is 0 Å². The van der Waals surface area contributed by atoms with Crippen molar-refractivity contribution in [3.8, 4) is 0 Å². The van der Waals surface area contributed by atoms with Crippen LogP contribution in [0.4, 0.5) is 10.5 Å². The second-order valence-corrected chi connectivity index (χ2v) is 7.48. The van der Waals surface area contributed by atoms with Gasteiger partial charge in [0.15, 0.2) is 0 Å². The molecule has 0 bridgehead atoms. The number of rotatable bonds is 4. The molecule has 3 heterocycles. The molecule has 0 spiro atoms. The zero-order valence-corrected chi connectivity index (χ0v) is 15.9.